The lowest BCUT2D eigenvalue weighted by atomic mass is 10.2. The van der Waals surface area contributed by atoms with E-state index >= 15 is 0 Å². The fourth-order valence-electron chi connectivity index (χ4n) is 2.80. The molecule has 1 aromatic carbocycles. The van der Waals surface area contributed by atoms with Crippen molar-refractivity contribution in [2.24, 2.45) is 14.1 Å². The summed E-state index contributed by atoms with van der Waals surface area (Å²) in [5, 5.41) is 8.70. The van der Waals surface area contributed by atoms with E-state index < -0.39 is 0 Å². The Balaban J connectivity index is 1.75. The highest BCUT2D eigenvalue weighted by atomic mass is 15.2. The molecule has 0 unspecified atom stereocenters. The Hall–Kier alpha value is -3.08. The Morgan fingerprint density at radius 3 is 2.57 bits per heavy atom. The van der Waals surface area contributed by atoms with Gasteiger partial charge in [0.1, 0.15) is 5.82 Å². The third-order valence-electron chi connectivity index (χ3n) is 3.97. The Kier molecular flexibility index (Phi) is 3.12. The van der Waals surface area contributed by atoms with Crippen molar-refractivity contribution < 1.29 is 0 Å². The van der Waals surface area contributed by atoms with E-state index in [-0.39, 0.29) is 0 Å². The van der Waals surface area contributed by atoms with Crippen molar-refractivity contribution in [3.63, 3.8) is 0 Å². The first-order chi connectivity index (χ1) is 11.2. The van der Waals surface area contributed by atoms with Gasteiger partial charge in [-0.1, -0.05) is 18.2 Å². The summed E-state index contributed by atoms with van der Waals surface area (Å²) in [6.07, 6.45) is 5.80. The number of pyridine rings is 1. The van der Waals surface area contributed by atoms with Crippen LogP contribution in [0.15, 0.2) is 61.1 Å². The maximum absolute atomic E-state index is 4.51. The third kappa shape index (κ3) is 2.46. The summed E-state index contributed by atoms with van der Waals surface area (Å²) in [7, 11) is 3.99. The number of hydrogen-bond donors (Lipinski definition) is 1. The number of hydrogen-bond acceptors (Lipinski definition) is 3. The van der Waals surface area contributed by atoms with E-state index in [0.717, 1.165) is 33.7 Å². The molecule has 0 spiro atoms. The standard InChI is InChI=1S/C18H17N5/c1-22-12-14(11-20-22)16-8-13-10-19-18(9-17(13)23(16)2)21-15-6-4-3-5-7-15/h3-12H,1-2H3,(H,19,21). The molecular weight excluding hydrogens is 286 g/mol. The van der Waals surface area contributed by atoms with Gasteiger partial charge in [0.05, 0.1) is 17.4 Å². The van der Waals surface area contributed by atoms with Crippen LogP contribution in [0, 0.1) is 0 Å². The van der Waals surface area contributed by atoms with Crippen molar-refractivity contribution in [3.8, 4) is 11.3 Å². The number of para-hydroxylation sites is 1. The minimum Gasteiger partial charge on any atom is -0.343 e. The van der Waals surface area contributed by atoms with E-state index in [1.807, 2.05) is 60.7 Å². The zero-order chi connectivity index (χ0) is 15.8. The molecule has 114 valence electrons. The molecule has 0 bridgehead atoms. The molecule has 0 atom stereocenters. The van der Waals surface area contributed by atoms with Crippen LogP contribution < -0.4 is 5.32 Å². The predicted molar refractivity (Wildman–Crippen MR) is 92.6 cm³/mol. The molecule has 4 aromatic rings. The molecule has 0 aliphatic carbocycles. The molecule has 5 heteroatoms. The summed E-state index contributed by atoms with van der Waals surface area (Å²) < 4.78 is 3.98. The molecular formula is C18H17N5. The normalized spacial score (nSPS) is 11.0. The van der Waals surface area contributed by atoms with Crippen LogP contribution in [0.1, 0.15) is 0 Å². The van der Waals surface area contributed by atoms with Gasteiger partial charge in [0.2, 0.25) is 0 Å². The zero-order valence-electron chi connectivity index (χ0n) is 13.1. The van der Waals surface area contributed by atoms with Crippen molar-refractivity contribution in [1.29, 1.82) is 0 Å². The number of nitrogens with one attached hydrogen (secondary N) is 1. The number of fused-ring (bicyclic) bond motifs is 1. The molecule has 3 heterocycles. The molecule has 0 saturated carbocycles. The van der Waals surface area contributed by atoms with Gasteiger partial charge in [-0.2, -0.15) is 5.10 Å². The lowest BCUT2D eigenvalue weighted by Crippen LogP contribution is -1.95. The second-order valence-electron chi connectivity index (χ2n) is 5.61. The maximum atomic E-state index is 4.51. The van der Waals surface area contributed by atoms with Gasteiger partial charge < -0.3 is 9.88 Å². The number of anilines is 2. The van der Waals surface area contributed by atoms with Gasteiger partial charge >= 0.3 is 0 Å². The topological polar surface area (TPSA) is 47.7 Å². The quantitative estimate of drug-likeness (QED) is 0.627. The van der Waals surface area contributed by atoms with Crippen LogP contribution in [0.5, 0.6) is 0 Å². The SMILES string of the molecule is Cn1cc(-c2cc3cnc(Nc4ccccc4)cc3n2C)cn1. The first kappa shape index (κ1) is 13.6. The van der Waals surface area contributed by atoms with E-state index in [0.29, 0.717) is 0 Å². The van der Waals surface area contributed by atoms with Crippen LogP contribution >= 0.6 is 0 Å². The minimum absolute atomic E-state index is 0.836. The van der Waals surface area contributed by atoms with Gasteiger partial charge in [0, 0.05) is 49.2 Å². The van der Waals surface area contributed by atoms with E-state index in [1.54, 1.807) is 0 Å². The van der Waals surface area contributed by atoms with Crippen LogP contribution in [-0.4, -0.2) is 19.3 Å². The van der Waals surface area contributed by atoms with Gasteiger partial charge in [0.25, 0.3) is 0 Å². The van der Waals surface area contributed by atoms with E-state index in [2.05, 4.69) is 39.1 Å². The minimum atomic E-state index is 0.836. The van der Waals surface area contributed by atoms with Gasteiger partial charge in [-0.25, -0.2) is 4.98 Å². The van der Waals surface area contributed by atoms with Crippen molar-refractivity contribution in [2.45, 2.75) is 0 Å². The summed E-state index contributed by atoms with van der Waals surface area (Å²) in [4.78, 5) is 4.51. The molecule has 23 heavy (non-hydrogen) atoms. The van der Waals surface area contributed by atoms with Crippen LogP contribution in [0.4, 0.5) is 11.5 Å². The third-order valence-corrected chi connectivity index (χ3v) is 3.97. The summed E-state index contributed by atoms with van der Waals surface area (Å²) in [6.45, 7) is 0. The number of nitrogens with zero attached hydrogens (tertiary/aromatic N) is 4. The van der Waals surface area contributed by atoms with Crippen LogP contribution in [-0.2, 0) is 14.1 Å². The highest BCUT2D eigenvalue weighted by molar-refractivity contribution is 5.88. The average molecular weight is 303 g/mol. The second-order valence-corrected chi connectivity index (χ2v) is 5.61. The highest BCUT2D eigenvalue weighted by Gasteiger charge is 2.10. The highest BCUT2D eigenvalue weighted by Crippen LogP contribution is 2.28. The summed E-state index contributed by atoms with van der Waals surface area (Å²) in [5.41, 5.74) is 4.40. The molecule has 3 aromatic heterocycles. The molecule has 0 amide bonds. The number of benzene rings is 1. The molecule has 5 nitrogen and oxygen atoms in total. The first-order valence-electron chi connectivity index (χ1n) is 7.47. The Bertz CT molecular complexity index is 966. The Labute approximate surface area is 134 Å². The fourth-order valence-corrected chi connectivity index (χ4v) is 2.80. The zero-order valence-corrected chi connectivity index (χ0v) is 13.1. The average Bonchev–Trinajstić information content (AvgIpc) is 3.13. The number of aromatic nitrogens is 4. The predicted octanol–water partition coefficient (Wildman–Crippen LogP) is 3.72. The van der Waals surface area contributed by atoms with E-state index in [4.69, 9.17) is 0 Å². The maximum Gasteiger partial charge on any atom is 0.132 e. The van der Waals surface area contributed by atoms with Crippen molar-refractivity contribution in [3.05, 3.63) is 61.1 Å². The van der Waals surface area contributed by atoms with E-state index in [9.17, 15) is 0 Å². The summed E-state index contributed by atoms with van der Waals surface area (Å²) in [6, 6.07) is 14.3. The monoisotopic (exact) mass is 303 g/mol. The second kappa shape index (κ2) is 5.28. The van der Waals surface area contributed by atoms with Gasteiger partial charge in [0.15, 0.2) is 0 Å². The Morgan fingerprint density at radius 1 is 1.00 bits per heavy atom. The number of rotatable bonds is 3. The fraction of sp³-hybridized carbons (Fsp3) is 0.111. The number of aryl methyl sites for hydroxylation is 2. The summed E-state index contributed by atoms with van der Waals surface area (Å²) >= 11 is 0. The Morgan fingerprint density at radius 2 is 1.83 bits per heavy atom. The molecule has 4 rings (SSSR count). The molecule has 0 radical (unpaired) electrons. The van der Waals surface area contributed by atoms with Crippen LogP contribution in [0.3, 0.4) is 0 Å². The van der Waals surface area contributed by atoms with Gasteiger partial charge in [-0.05, 0) is 18.2 Å². The largest absolute Gasteiger partial charge is 0.343 e. The van der Waals surface area contributed by atoms with Gasteiger partial charge in [-0.15, -0.1) is 0 Å². The van der Waals surface area contributed by atoms with Crippen molar-refractivity contribution in [1.82, 2.24) is 19.3 Å². The molecule has 1 N–H and O–H groups in total. The molecule has 0 saturated heterocycles. The molecule has 0 aliphatic rings. The molecule has 0 fully saturated rings. The van der Waals surface area contributed by atoms with E-state index in [1.165, 1.54) is 0 Å². The molecule has 0 aliphatic heterocycles. The lowest BCUT2D eigenvalue weighted by Gasteiger charge is -2.06. The van der Waals surface area contributed by atoms with Crippen molar-refractivity contribution >= 4 is 22.4 Å². The smallest absolute Gasteiger partial charge is 0.132 e. The summed E-state index contributed by atoms with van der Waals surface area (Å²) in [5.74, 6) is 0.836. The lowest BCUT2D eigenvalue weighted by molar-refractivity contribution is 0.768. The van der Waals surface area contributed by atoms with Gasteiger partial charge in [-0.3, -0.25) is 4.68 Å². The van der Waals surface area contributed by atoms with Crippen LogP contribution in [0.2, 0.25) is 0 Å². The first-order valence-corrected chi connectivity index (χ1v) is 7.47. The van der Waals surface area contributed by atoms with Crippen molar-refractivity contribution in [2.75, 3.05) is 5.32 Å². The van der Waals surface area contributed by atoms with Crippen LogP contribution in [0.25, 0.3) is 22.2 Å².